The monoisotopic (exact) mass is 1010 g/mol. The molecule has 0 spiro atoms. The number of rotatable bonds is 14. The van der Waals surface area contributed by atoms with Crippen LogP contribution in [-0.2, 0) is 40.4 Å². The number of nitro benzene ring substituents is 2. The lowest BCUT2D eigenvalue weighted by Gasteiger charge is -2.25. The number of fused-ring (bicyclic) bond motifs is 2. The number of hydrogen-bond donors (Lipinski definition) is 2. The maximum atomic E-state index is 12.4. The van der Waals surface area contributed by atoms with Gasteiger partial charge in [0, 0.05) is 98.6 Å². The first-order valence-electron chi connectivity index (χ1n) is 23.9. The molecule has 70 heavy (non-hydrogen) atoms. The minimum absolute atomic E-state index is 0.0484. The molecule has 6 saturated heterocycles. The van der Waals surface area contributed by atoms with Gasteiger partial charge in [0.1, 0.15) is 12.5 Å². The van der Waals surface area contributed by atoms with E-state index < -0.39 is 61.9 Å². The number of ether oxygens (including phenoxy) is 2. The Morgan fingerprint density at radius 1 is 0.629 bits per heavy atom. The first-order valence-corrected chi connectivity index (χ1v) is 26.2. The molecule has 2 aromatic carbocycles. The molecule has 0 radical (unpaired) electrons. The zero-order valence-corrected chi connectivity index (χ0v) is 41.1. The summed E-state index contributed by atoms with van der Waals surface area (Å²) in [6.45, 7) is 9.15. The Labute approximate surface area is 404 Å². The van der Waals surface area contributed by atoms with Crippen molar-refractivity contribution in [3.63, 3.8) is 0 Å². The van der Waals surface area contributed by atoms with Gasteiger partial charge in [0.05, 0.1) is 46.5 Å². The van der Waals surface area contributed by atoms with E-state index in [1.165, 1.54) is 45.8 Å². The molecule has 2 N–H and O–H groups in total. The van der Waals surface area contributed by atoms with E-state index in [9.17, 15) is 39.4 Å². The molecular weight excluding hydrogens is 950 g/mol. The van der Waals surface area contributed by atoms with E-state index in [4.69, 9.17) is 27.6 Å². The topological polar surface area (TPSA) is 258 Å². The summed E-state index contributed by atoms with van der Waals surface area (Å²) in [5.74, 6) is 0. The summed E-state index contributed by atoms with van der Waals surface area (Å²) in [4.78, 5) is 74.0. The number of nitro groups is 2. The molecule has 376 valence electrons. The van der Waals surface area contributed by atoms with Crippen LogP contribution >= 0.6 is 17.1 Å². The second-order valence-corrected chi connectivity index (χ2v) is 21.4. The van der Waals surface area contributed by atoms with Crippen LogP contribution in [0.25, 0.3) is 0 Å². The number of H-pyrrole nitrogens is 2. The molecule has 2 unspecified atom stereocenters. The fourth-order valence-electron chi connectivity index (χ4n) is 10.2. The first-order chi connectivity index (χ1) is 33.7. The van der Waals surface area contributed by atoms with Crippen molar-refractivity contribution in [1.82, 2.24) is 28.4 Å². The maximum Gasteiger partial charge on any atom is 0.330 e. The van der Waals surface area contributed by atoms with Gasteiger partial charge in [0.25, 0.3) is 39.5 Å². The molecule has 0 saturated carbocycles. The van der Waals surface area contributed by atoms with Crippen molar-refractivity contribution in [3.05, 3.63) is 145 Å². The van der Waals surface area contributed by atoms with Crippen LogP contribution in [0.15, 0.2) is 80.1 Å². The van der Waals surface area contributed by atoms with Gasteiger partial charge in [0.2, 0.25) is 0 Å². The highest BCUT2D eigenvalue weighted by molar-refractivity contribution is 7.45. The van der Waals surface area contributed by atoms with Gasteiger partial charge < -0.3 is 27.6 Å². The van der Waals surface area contributed by atoms with Crippen LogP contribution in [0.3, 0.4) is 0 Å². The summed E-state index contributed by atoms with van der Waals surface area (Å²) >= 11 is 0. The van der Waals surface area contributed by atoms with Crippen LogP contribution in [0.2, 0.25) is 0 Å². The number of aryl methyl sites for hydroxylation is 2. The average Bonchev–Trinajstić information content (AvgIpc) is 4.21. The number of nitrogens with one attached hydrogen (secondary N) is 2. The van der Waals surface area contributed by atoms with E-state index in [1.54, 1.807) is 38.1 Å². The van der Waals surface area contributed by atoms with Gasteiger partial charge in [-0.25, -0.2) is 18.9 Å². The van der Waals surface area contributed by atoms with Gasteiger partial charge in [-0.1, -0.05) is 38.1 Å². The van der Waals surface area contributed by atoms with Gasteiger partial charge in [0.15, 0.2) is 0 Å². The fraction of sp³-hybridized carbons (Fsp3) is 0.565. The minimum atomic E-state index is -1.29. The van der Waals surface area contributed by atoms with Crippen molar-refractivity contribution in [2.24, 2.45) is 0 Å². The highest BCUT2D eigenvalue weighted by atomic mass is 31.2. The molecule has 24 heteroatoms. The zero-order chi connectivity index (χ0) is 49.4. The third kappa shape index (κ3) is 10.7. The Bertz CT molecular complexity index is 2590. The highest BCUT2D eigenvalue weighted by Crippen LogP contribution is 2.59. The SMILES string of the molecule is CC[C@H]1O[C@@H](n2cc(C)c(=O)[nH]c2=O)CC1O[P@@]1O[C@H](Cc2ccc([N+](=O)[O-])cc2)[C@@H]2CCCN21.CC[C@H]1O[C@@H](n2cc(C)c(=O)[nH]c2=O)CC1O[P@]1O[C@@H](Cc2ccc([N+](=O)[O-])cc2)[C@H]2CCCN21. The van der Waals surface area contributed by atoms with Crippen LogP contribution in [0.4, 0.5) is 11.4 Å². The summed E-state index contributed by atoms with van der Waals surface area (Å²) in [5.41, 5.74) is 1.25. The summed E-state index contributed by atoms with van der Waals surface area (Å²) in [5, 5.41) is 21.9. The standard InChI is InChI=1S/2C23H29N4O7P/c2*1-3-18-20(12-21(32-18)25-13-14(2)22(28)24-23(25)29)34-35-26-10-4-5-17(26)19(33-35)11-15-6-8-16(9-7-15)27(30)31/h2*6-9,13,17-21H,3-5,10-12H2,1-2H3,(H,24,28,29)/t17-,18+,19+,20?,21+,35+;17-,18-,19+,20?,21-,35+/m01/s1. The van der Waals surface area contributed by atoms with Gasteiger partial charge >= 0.3 is 11.4 Å². The number of hydrogen-bond acceptors (Lipinski definition) is 16. The van der Waals surface area contributed by atoms with Gasteiger partial charge in [-0.2, -0.15) is 0 Å². The molecule has 10 rings (SSSR count). The Kier molecular flexibility index (Phi) is 15.4. The molecule has 0 bridgehead atoms. The van der Waals surface area contributed by atoms with Crippen molar-refractivity contribution < 1.29 is 37.4 Å². The Morgan fingerprint density at radius 2 is 1.01 bits per heavy atom. The molecule has 6 aliphatic rings. The Balaban J connectivity index is 0.000000174. The molecule has 22 nitrogen and oxygen atoms in total. The lowest BCUT2D eigenvalue weighted by Crippen LogP contribution is -2.33. The molecule has 6 fully saturated rings. The van der Waals surface area contributed by atoms with Crippen molar-refractivity contribution in [1.29, 1.82) is 0 Å². The molecule has 8 heterocycles. The summed E-state index contributed by atoms with van der Waals surface area (Å²) in [6.07, 6.45) is 8.98. The van der Waals surface area contributed by atoms with E-state index in [1.807, 2.05) is 13.8 Å². The van der Waals surface area contributed by atoms with E-state index in [0.717, 1.165) is 62.7 Å². The van der Waals surface area contributed by atoms with Crippen LogP contribution in [0.5, 0.6) is 0 Å². The second kappa shape index (κ2) is 21.5. The summed E-state index contributed by atoms with van der Waals surface area (Å²) in [6, 6.07) is 13.7. The third-order valence-corrected chi connectivity index (χ3v) is 17.6. The molecule has 2 aromatic heterocycles. The van der Waals surface area contributed by atoms with Crippen LogP contribution in [-0.4, -0.2) is 100 Å². The van der Waals surface area contributed by atoms with E-state index in [2.05, 4.69) is 19.3 Å². The van der Waals surface area contributed by atoms with Crippen molar-refractivity contribution in [2.75, 3.05) is 13.1 Å². The molecule has 0 aliphatic carbocycles. The highest BCUT2D eigenvalue weighted by Gasteiger charge is 2.51. The molecule has 4 aromatic rings. The van der Waals surface area contributed by atoms with Crippen LogP contribution in [0.1, 0.15) is 99.9 Å². The van der Waals surface area contributed by atoms with Gasteiger partial charge in [-0.05, 0) is 63.5 Å². The van der Waals surface area contributed by atoms with Crippen molar-refractivity contribution >= 4 is 28.4 Å². The largest absolute Gasteiger partial charge is 0.352 e. The minimum Gasteiger partial charge on any atom is -0.352 e. The number of non-ortho nitro benzene ring substituents is 2. The molecule has 6 aliphatic heterocycles. The second-order valence-electron chi connectivity index (χ2n) is 18.6. The van der Waals surface area contributed by atoms with Crippen LogP contribution < -0.4 is 22.5 Å². The third-order valence-electron chi connectivity index (χ3n) is 14.0. The Morgan fingerprint density at radius 3 is 1.37 bits per heavy atom. The predicted molar refractivity (Wildman–Crippen MR) is 256 cm³/mol. The van der Waals surface area contributed by atoms with E-state index in [0.29, 0.717) is 36.8 Å². The Hall–Kier alpha value is -4.86. The number of benzene rings is 2. The normalized spacial score (nSPS) is 30.6. The average molecular weight is 1010 g/mol. The number of nitrogens with zero attached hydrogens (tertiary/aromatic N) is 6. The predicted octanol–water partition coefficient (Wildman–Crippen LogP) is 6.34. The molecule has 12 atom stereocenters. The van der Waals surface area contributed by atoms with Gasteiger partial charge in [-0.15, -0.1) is 0 Å². The lowest BCUT2D eigenvalue weighted by molar-refractivity contribution is -0.385. The zero-order valence-electron chi connectivity index (χ0n) is 39.3. The lowest BCUT2D eigenvalue weighted by atomic mass is 10.0. The number of aromatic nitrogens is 4. The summed E-state index contributed by atoms with van der Waals surface area (Å²) < 4.78 is 45.7. The van der Waals surface area contributed by atoms with E-state index >= 15 is 0 Å². The maximum absolute atomic E-state index is 12.4. The van der Waals surface area contributed by atoms with E-state index in [-0.39, 0.29) is 60.1 Å². The molecular formula is C46H58N8O14P2. The van der Waals surface area contributed by atoms with Crippen LogP contribution in [0, 0.1) is 34.1 Å². The fourth-order valence-corrected chi connectivity index (χ4v) is 14.2. The smallest absolute Gasteiger partial charge is 0.330 e. The van der Waals surface area contributed by atoms with Crippen molar-refractivity contribution in [2.45, 2.75) is 153 Å². The number of aromatic amines is 2. The quantitative estimate of drug-likeness (QED) is 0.0794. The molecule has 0 amide bonds. The first kappa shape index (κ1) is 50.1. The summed E-state index contributed by atoms with van der Waals surface area (Å²) in [7, 11) is -2.58. The van der Waals surface area contributed by atoms with Gasteiger partial charge in [-0.3, -0.25) is 48.9 Å². The van der Waals surface area contributed by atoms with Crippen molar-refractivity contribution in [3.8, 4) is 0 Å².